The van der Waals surface area contributed by atoms with Crippen LogP contribution in [0.3, 0.4) is 0 Å². The van der Waals surface area contributed by atoms with Crippen molar-refractivity contribution in [3.05, 3.63) is 28.4 Å². The monoisotopic (exact) mass is 250 g/mol. The largest absolute Gasteiger partial charge is 0.376 e. The summed E-state index contributed by atoms with van der Waals surface area (Å²) >= 11 is 0. The number of nitrogens with two attached hydrogens (primary N) is 1. The molecule has 7 heteroatoms. The lowest BCUT2D eigenvalue weighted by atomic mass is 9.72. The molecular weight excluding hydrogens is 236 g/mol. The molecule has 0 aromatic carbocycles. The number of ether oxygens (including phenoxy) is 1. The van der Waals surface area contributed by atoms with Gasteiger partial charge in [-0.1, -0.05) is 0 Å². The fourth-order valence-corrected chi connectivity index (χ4v) is 2.70. The lowest BCUT2D eigenvalue weighted by molar-refractivity contribution is -0.389. The average Bonchev–Trinajstić information content (AvgIpc) is 2.81. The van der Waals surface area contributed by atoms with Crippen LogP contribution in [0.25, 0.3) is 0 Å². The van der Waals surface area contributed by atoms with Crippen LogP contribution in [0, 0.1) is 16.0 Å². The molecule has 1 saturated carbocycles. The third-order valence-corrected chi connectivity index (χ3v) is 3.71. The first kappa shape index (κ1) is 11.4. The molecule has 0 bridgehead atoms. The number of fused-ring (bicyclic) bond motifs is 1. The molecule has 1 saturated heterocycles. The fourth-order valence-electron chi connectivity index (χ4n) is 2.70. The van der Waals surface area contributed by atoms with Gasteiger partial charge in [-0.15, -0.1) is 0 Å². The summed E-state index contributed by atoms with van der Waals surface area (Å²) in [6.45, 7) is 0.764. The van der Waals surface area contributed by atoms with E-state index in [-0.39, 0.29) is 24.0 Å². The van der Waals surface area contributed by atoms with Crippen molar-refractivity contribution in [1.29, 1.82) is 0 Å². The molecule has 18 heavy (non-hydrogen) atoms. The van der Waals surface area contributed by atoms with Gasteiger partial charge >= 0.3 is 5.82 Å². The molecule has 1 aromatic rings. The van der Waals surface area contributed by atoms with Crippen molar-refractivity contribution in [2.45, 2.75) is 24.6 Å². The normalized spacial score (nSPS) is 33.6. The van der Waals surface area contributed by atoms with Crippen LogP contribution < -0.4 is 11.1 Å². The summed E-state index contributed by atoms with van der Waals surface area (Å²) in [4.78, 5) is 13.7. The molecule has 3 rings (SSSR count). The van der Waals surface area contributed by atoms with Gasteiger partial charge in [0.05, 0.1) is 17.8 Å². The van der Waals surface area contributed by atoms with Crippen LogP contribution in [-0.4, -0.2) is 34.7 Å². The summed E-state index contributed by atoms with van der Waals surface area (Å²) in [5.74, 6) is 0.280. The number of aromatic nitrogens is 1. The molecule has 1 aliphatic heterocycles. The molecule has 2 fully saturated rings. The first-order chi connectivity index (χ1) is 8.66. The van der Waals surface area contributed by atoms with Gasteiger partial charge in [0.1, 0.15) is 0 Å². The Bertz CT molecular complexity index is 464. The van der Waals surface area contributed by atoms with E-state index in [2.05, 4.69) is 10.3 Å². The number of nitrogens with one attached hydrogen (secondary N) is 1. The zero-order valence-electron chi connectivity index (χ0n) is 9.65. The molecule has 1 aromatic heterocycles. The third kappa shape index (κ3) is 1.72. The van der Waals surface area contributed by atoms with Crippen molar-refractivity contribution < 1.29 is 9.66 Å². The van der Waals surface area contributed by atoms with Crippen LogP contribution >= 0.6 is 0 Å². The average molecular weight is 250 g/mol. The Hall–Kier alpha value is -1.73. The van der Waals surface area contributed by atoms with Crippen LogP contribution in [0.1, 0.15) is 6.42 Å². The van der Waals surface area contributed by atoms with E-state index in [0.717, 1.165) is 18.7 Å². The number of hydrogen-bond acceptors (Lipinski definition) is 6. The van der Waals surface area contributed by atoms with Gasteiger partial charge in [-0.05, 0) is 22.4 Å². The van der Waals surface area contributed by atoms with E-state index in [1.54, 1.807) is 6.07 Å². The van der Waals surface area contributed by atoms with Crippen LogP contribution in [0.15, 0.2) is 18.3 Å². The predicted octanol–water partition coefficient (Wildman–Crippen LogP) is 0.516. The zero-order valence-corrected chi connectivity index (χ0v) is 9.65. The molecule has 0 radical (unpaired) electrons. The Kier molecular flexibility index (Phi) is 2.64. The fraction of sp³-hybridized carbons (Fsp3) is 0.545. The van der Waals surface area contributed by atoms with Gasteiger partial charge in [0.15, 0.2) is 6.20 Å². The molecule has 3 N–H and O–H groups in total. The number of pyridine rings is 1. The predicted molar refractivity (Wildman–Crippen MR) is 64.1 cm³/mol. The standard InChI is InChI=1S/C11H14N4O3/c12-9-7-3-4-18-11(7)10(9)14-6-1-2-8(13-5-6)15(16)17/h1-2,5,7,9-11,14H,3-4,12H2. The maximum atomic E-state index is 10.5. The summed E-state index contributed by atoms with van der Waals surface area (Å²) in [5, 5.41) is 13.7. The van der Waals surface area contributed by atoms with E-state index in [1.165, 1.54) is 12.3 Å². The lowest BCUT2D eigenvalue weighted by Gasteiger charge is -2.45. The number of hydrogen-bond donors (Lipinski definition) is 2. The van der Waals surface area contributed by atoms with E-state index in [9.17, 15) is 10.1 Å². The van der Waals surface area contributed by atoms with Crippen molar-refractivity contribution in [3.8, 4) is 0 Å². The van der Waals surface area contributed by atoms with E-state index in [1.807, 2.05) is 0 Å². The summed E-state index contributed by atoms with van der Waals surface area (Å²) in [6, 6.07) is 3.16. The molecule has 96 valence electrons. The maximum absolute atomic E-state index is 10.5. The third-order valence-electron chi connectivity index (χ3n) is 3.71. The highest BCUT2D eigenvalue weighted by Crippen LogP contribution is 2.39. The Morgan fingerprint density at radius 3 is 3.06 bits per heavy atom. The molecule has 2 aliphatic rings. The van der Waals surface area contributed by atoms with Gasteiger partial charge in [-0.25, -0.2) is 0 Å². The van der Waals surface area contributed by atoms with Gasteiger partial charge in [0.2, 0.25) is 0 Å². The highest BCUT2D eigenvalue weighted by molar-refractivity contribution is 5.46. The lowest BCUT2D eigenvalue weighted by Crippen LogP contribution is -2.65. The molecule has 7 nitrogen and oxygen atoms in total. The maximum Gasteiger partial charge on any atom is 0.363 e. The number of nitrogens with zero attached hydrogens (tertiary/aromatic N) is 2. The Balaban J connectivity index is 1.68. The smallest absolute Gasteiger partial charge is 0.363 e. The van der Waals surface area contributed by atoms with E-state index in [4.69, 9.17) is 10.5 Å². The van der Waals surface area contributed by atoms with E-state index < -0.39 is 4.92 Å². The zero-order chi connectivity index (χ0) is 12.7. The highest BCUT2D eigenvalue weighted by atomic mass is 16.6. The Labute approximate surface area is 103 Å². The van der Waals surface area contributed by atoms with Crippen LogP contribution in [0.4, 0.5) is 11.5 Å². The second-order valence-electron chi connectivity index (χ2n) is 4.70. The van der Waals surface area contributed by atoms with Gasteiger partial charge in [0.25, 0.3) is 0 Å². The summed E-state index contributed by atoms with van der Waals surface area (Å²) in [5.41, 5.74) is 6.79. The van der Waals surface area contributed by atoms with E-state index in [0.29, 0.717) is 5.92 Å². The molecular formula is C11H14N4O3. The van der Waals surface area contributed by atoms with Gasteiger partial charge in [-0.2, -0.15) is 0 Å². The molecule has 2 heterocycles. The van der Waals surface area contributed by atoms with Crippen molar-refractivity contribution in [1.82, 2.24) is 4.98 Å². The number of rotatable bonds is 3. The minimum atomic E-state index is -0.519. The van der Waals surface area contributed by atoms with Crippen molar-refractivity contribution in [2.75, 3.05) is 11.9 Å². The van der Waals surface area contributed by atoms with Crippen molar-refractivity contribution in [2.24, 2.45) is 11.7 Å². The van der Waals surface area contributed by atoms with Gasteiger partial charge < -0.3 is 25.9 Å². The quantitative estimate of drug-likeness (QED) is 0.598. The molecule has 1 aliphatic carbocycles. The minimum Gasteiger partial charge on any atom is -0.376 e. The van der Waals surface area contributed by atoms with Gasteiger partial charge in [0, 0.05) is 24.6 Å². The molecule has 4 atom stereocenters. The second kappa shape index (κ2) is 4.18. The Morgan fingerprint density at radius 1 is 1.56 bits per heavy atom. The summed E-state index contributed by atoms with van der Waals surface area (Å²) in [7, 11) is 0. The second-order valence-corrected chi connectivity index (χ2v) is 4.70. The molecule has 0 amide bonds. The van der Waals surface area contributed by atoms with Crippen molar-refractivity contribution >= 4 is 11.5 Å². The number of anilines is 1. The minimum absolute atomic E-state index is 0.0701. The first-order valence-corrected chi connectivity index (χ1v) is 5.91. The molecule has 4 unspecified atom stereocenters. The summed E-state index contributed by atoms with van der Waals surface area (Å²) in [6.07, 6.45) is 2.63. The first-order valence-electron chi connectivity index (χ1n) is 5.91. The highest BCUT2D eigenvalue weighted by Gasteiger charge is 2.52. The van der Waals surface area contributed by atoms with Crippen molar-refractivity contribution in [3.63, 3.8) is 0 Å². The molecule has 0 spiro atoms. The van der Waals surface area contributed by atoms with Crippen LogP contribution in [-0.2, 0) is 4.74 Å². The Morgan fingerprint density at radius 2 is 2.39 bits per heavy atom. The van der Waals surface area contributed by atoms with Crippen LogP contribution in [0.5, 0.6) is 0 Å². The van der Waals surface area contributed by atoms with Crippen LogP contribution in [0.2, 0.25) is 0 Å². The van der Waals surface area contributed by atoms with Gasteiger partial charge in [-0.3, -0.25) is 0 Å². The number of nitro groups is 1. The van der Waals surface area contributed by atoms with E-state index >= 15 is 0 Å². The SMILES string of the molecule is NC1C2CCOC2C1Nc1ccc([N+](=O)[O-])nc1. The topological polar surface area (TPSA) is 103 Å². The summed E-state index contributed by atoms with van der Waals surface area (Å²) < 4.78 is 5.60.